The van der Waals surface area contributed by atoms with Crippen LogP contribution in [-0.4, -0.2) is 18.0 Å². The predicted octanol–water partition coefficient (Wildman–Crippen LogP) is 7.58. The number of amides is 1. The molecule has 1 aliphatic rings. The Hall–Kier alpha value is -3.17. The van der Waals surface area contributed by atoms with Gasteiger partial charge in [-0.15, -0.1) is 0 Å². The van der Waals surface area contributed by atoms with E-state index in [1.807, 2.05) is 49.4 Å². The third-order valence-corrected chi connectivity index (χ3v) is 8.05. The maximum Gasteiger partial charge on any atom is 0.260 e. The summed E-state index contributed by atoms with van der Waals surface area (Å²) in [5, 5.41) is 8.78. The fourth-order valence-electron chi connectivity index (χ4n) is 4.26. The van der Waals surface area contributed by atoms with Crippen LogP contribution in [-0.2, 0) is 17.8 Å². The highest BCUT2D eigenvalue weighted by Gasteiger charge is 2.27. The molecule has 38 heavy (non-hydrogen) atoms. The number of carbonyl (C=O) groups excluding carboxylic acids is 1. The maximum absolute atomic E-state index is 12.7. The van der Waals surface area contributed by atoms with Crippen LogP contribution < -0.4 is 20.1 Å². The van der Waals surface area contributed by atoms with E-state index in [2.05, 4.69) is 82.6 Å². The van der Waals surface area contributed by atoms with E-state index >= 15 is 0 Å². The van der Waals surface area contributed by atoms with Gasteiger partial charge in [0.2, 0.25) is 0 Å². The van der Waals surface area contributed by atoms with Gasteiger partial charge in [0, 0.05) is 5.69 Å². The lowest BCUT2D eigenvalue weighted by atomic mass is 10.1. The first-order valence-corrected chi connectivity index (χ1v) is 14.6. The lowest BCUT2D eigenvalue weighted by molar-refractivity contribution is -0.116. The van der Waals surface area contributed by atoms with Gasteiger partial charge in [0.05, 0.1) is 15.1 Å². The molecular weight excluding hydrogens is 607 g/mol. The van der Waals surface area contributed by atoms with Gasteiger partial charge in [0.1, 0.15) is 6.61 Å². The number of nitrogens with one attached hydrogen (secondary N) is 2. The Balaban J connectivity index is 1.31. The molecule has 0 spiro atoms. The van der Waals surface area contributed by atoms with Gasteiger partial charge in [0.25, 0.3) is 5.91 Å². The minimum absolute atomic E-state index is 0.0951. The van der Waals surface area contributed by atoms with Crippen LogP contribution in [0.1, 0.15) is 30.5 Å². The molecule has 5 nitrogen and oxygen atoms in total. The number of rotatable bonds is 9. The smallest absolute Gasteiger partial charge is 0.260 e. The fraction of sp³-hybridized carbons (Fsp3) is 0.194. The highest BCUT2D eigenvalue weighted by atomic mass is 127. The molecule has 0 unspecified atom stereocenters. The van der Waals surface area contributed by atoms with E-state index < -0.39 is 0 Å². The third kappa shape index (κ3) is 6.27. The second-order valence-corrected chi connectivity index (χ2v) is 11.2. The van der Waals surface area contributed by atoms with Crippen molar-refractivity contribution in [1.82, 2.24) is 5.32 Å². The highest BCUT2D eigenvalue weighted by molar-refractivity contribution is 14.1. The summed E-state index contributed by atoms with van der Waals surface area (Å²) in [6.45, 7) is 5.04. The molecule has 2 N–H and O–H groups in total. The molecule has 1 amide bonds. The van der Waals surface area contributed by atoms with Crippen LogP contribution in [0.15, 0.2) is 83.8 Å². The van der Waals surface area contributed by atoms with Crippen molar-refractivity contribution in [1.29, 1.82) is 0 Å². The number of hydrogen-bond acceptors (Lipinski definition) is 5. The number of fused-ring (bicyclic) bond motifs is 1. The monoisotopic (exact) mass is 636 g/mol. The van der Waals surface area contributed by atoms with Crippen molar-refractivity contribution in [2.75, 3.05) is 11.9 Å². The SMILES string of the molecule is CCOc1cc(/C=C2\S[C@@H](Nc3ccc(CC)cc3)NC2=O)cc(I)c1OCc1ccc2ccccc2c1. The molecule has 1 saturated heterocycles. The summed E-state index contributed by atoms with van der Waals surface area (Å²) >= 11 is 3.74. The fourth-order valence-corrected chi connectivity index (χ4v) is 6.03. The zero-order valence-corrected chi connectivity index (χ0v) is 24.3. The van der Waals surface area contributed by atoms with Crippen molar-refractivity contribution in [2.24, 2.45) is 0 Å². The van der Waals surface area contributed by atoms with Crippen molar-refractivity contribution in [3.05, 3.63) is 104 Å². The summed E-state index contributed by atoms with van der Waals surface area (Å²) < 4.78 is 13.1. The third-order valence-electron chi connectivity index (χ3n) is 6.22. The molecule has 1 atom stereocenters. The van der Waals surface area contributed by atoms with Crippen LogP contribution in [0.4, 0.5) is 5.69 Å². The van der Waals surface area contributed by atoms with Gasteiger partial charge in [-0.3, -0.25) is 4.79 Å². The summed E-state index contributed by atoms with van der Waals surface area (Å²) in [6.07, 6.45) is 2.90. The lowest BCUT2D eigenvalue weighted by Gasteiger charge is -2.15. The van der Waals surface area contributed by atoms with Crippen molar-refractivity contribution in [2.45, 2.75) is 32.4 Å². The zero-order chi connectivity index (χ0) is 26.5. The molecule has 4 aromatic rings. The van der Waals surface area contributed by atoms with Crippen LogP contribution >= 0.6 is 34.4 Å². The molecular formula is C31H29IN2O3S. The zero-order valence-electron chi connectivity index (χ0n) is 21.3. The largest absolute Gasteiger partial charge is 0.490 e. The maximum atomic E-state index is 12.7. The van der Waals surface area contributed by atoms with Crippen LogP contribution in [0.2, 0.25) is 0 Å². The number of halogens is 1. The Kier molecular flexibility index (Phi) is 8.44. The van der Waals surface area contributed by atoms with Crippen molar-refractivity contribution >= 4 is 62.8 Å². The number of anilines is 1. The second kappa shape index (κ2) is 12.1. The average Bonchev–Trinajstić information content (AvgIpc) is 3.26. The normalized spacial score (nSPS) is 16.0. The van der Waals surface area contributed by atoms with Gasteiger partial charge in [0.15, 0.2) is 17.0 Å². The van der Waals surface area contributed by atoms with E-state index in [9.17, 15) is 4.79 Å². The van der Waals surface area contributed by atoms with Crippen molar-refractivity contribution in [3.8, 4) is 11.5 Å². The van der Waals surface area contributed by atoms with Gasteiger partial charge in [-0.05, 0) is 99.8 Å². The van der Waals surface area contributed by atoms with Gasteiger partial charge < -0.3 is 20.1 Å². The summed E-state index contributed by atoms with van der Waals surface area (Å²) in [7, 11) is 0. The van der Waals surface area contributed by atoms with Gasteiger partial charge >= 0.3 is 0 Å². The molecule has 0 radical (unpaired) electrons. The second-order valence-electron chi connectivity index (χ2n) is 8.91. The molecule has 0 aromatic heterocycles. The molecule has 194 valence electrons. The number of ether oxygens (including phenoxy) is 2. The van der Waals surface area contributed by atoms with Crippen LogP contribution in [0.25, 0.3) is 16.8 Å². The number of hydrogen-bond donors (Lipinski definition) is 2. The lowest BCUT2D eigenvalue weighted by Crippen LogP contribution is -2.30. The van der Waals surface area contributed by atoms with E-state index in [1.54, 1.807) is 0 Å². The molecule has 4 aromatic carbocycles. The average molecular weight is 637 g/mol. The highest BCUT2D eigenvalue weighted by Crippen LogP contribution is 2.37. The van der Waals surface area contributed by atoms with Gasteiger partial charge in [-0.25, -0.2) is 0 Å². The van der Waals surface area contributed by atoms with Gasteiger partial charge in [-0.2, -0.15) is 0 Å². The van der Waals surface area contributed by atoms with E-state index in [0.29, 0.717) is 29.6 Å². The molecule has 1 fully saturated rings. The standard InChI is InChI=1S/C31H29IN2O3S/c1-3-20-10-13-25(14-11-20)33-31-34-30(35)28(38-31)18-22-16-26(32)29(27(17-22)36-4-2)37-19-21-9-12-23-7-5-6-8-24(23)15-21/h5-18,31,33H,3-4,19H2,1-2H3,(H,34,35)/b28-18-/t31-/m0/s1. The molecule has 5 rings (SSSR count). The van der Waals surface area contributed by atoms with Crippen LogP contribution in [0.5, 0.6) is 11.5 Å². The number of benzene rings is 4. The molecule has 1 heterocycles. The van der Waals surface area contributed by atoms with Crippen LogP contribution in [0, 0.1) is 3.57 Å². The minimum atomic E-state index is -0.226. The van der Waals surface area contributed by atoms with E-state index in [1.165, 1.54) is 28.1 Å². The Morgan fingerprint density at radius 3 is 2.47 bits per heavy atom. The molecule has 7 heteroatoms. The van der Waals surface area contributed by atoms with Crippen LogP contribution in [0.3, 0.4) is 0 Å². The molecule has 0 bridgehead atoms. The summed E-state index contributed by atoms with van der Waals surface area (Å²) in [5.74, 6) is 1.28. The Morgan fingerprint density at radius 2 is 1.71 bits per heavy atom. The number of carbonyl (C=O) groups is 1. The Morgan fingerprint density at radius 1 is 0.947 bits per heavy atom. The predicted molar refractivity (Wildman–Crippen MR) is 166 cm³/mol. The first kappa shape index (κ1) is 26.4. The summed E-state index contributed by atoms with van der Waals surface area (Å²) in [5.41, 5.74) is 4.01. The van der Waals surface area contributed by atoms with E-state index in [0.717, 1.165) is 26.8 Å². The minimum Gasteiger partial charge on any atom is -0.490 e. The first-order valence-electron chi connectivity index (χ1n) is 12.6. The first-order chi connectivity index (χ1) is 18.5. The topological polar surface area (TPSA) is 59.6 Å². The van der Waals surface area contributed by atoms with Crippen molar-refractivity contribution in [3.63, 3.8) is 0 Å². The quantitative estimate of drug-likeness (QED) is 0.147. The van der Waals surface area contributed by atoms with Gasteiger partial charge in [-0.1, -0.05) is 67.2 Å². The molecule has 1 aliphatic heterocycles. The van der Waals surface area contributed by atoms with E-state index in [-0.39, 0.29) is 11.4 Å². The summed E-state index contributed by atoms with van der Waals surface area (Å²) in [4.78, 5) is 13.3. The summed E-state index contributed by atoms with van der Waals surface area (Å²) in [6, 6.07) is 26.9. The number of thioether (sulfide) groups is 1. The Bertz CT molecular complexity index is 1490. The molecule has 0 aliphatic carbocycles. The molecule has 0 saturated carbocycles. The Labute approximate surface area is 241 Å². The van der Waals surface area contributed by atoms with E-state index in [4.69, 9.17) is 9.47 Å². The number of aryl methyl sites for hydroxylation is 1. The van der Waals surface area contributed by atoms with Crippen molar-refractivity contribution < 1.29 is 14.3 Å².